The highest BCUT2D eigenvalue weighted by Gasteiger charge is 2.09. The van der Waals surface area contributed by atoms with E-state index >= 15 is 0 Å². The Bertz CT molecular complexity index is 1210. The fraction of sp³-hybridized carbons (Fsp3) is 0.0833. The first-order valence-electron chi connectivity index (χ1n) is 9.19. The summed E-state index contributed by atoms with van der Waals surface area (Å²) in [6, 6.07) is 23.1. The molecule has 1 heterocycles. The summed E-state index contributed by atoms with van der Waals surface area (Å²) < 4.78 is 6.98. The van der Waals surface area contributed by atoms with Crippen LogP contribution in [-0.4, -0.2) is 23.9 Å². The monoisotopic (exact) mass is 402 g/mol. The van der Waals surface area contributed by atoms with Gasteiger partial charge < -0.3 is 9.30 Å². The molecule has 0 atom stereocenters. The Labute approximate surface area is 174 Å². The number of benzene rings is 3. The number of para-hydroxylation sites is 1. The van der Waals surface area contributed by atoms with Crippen LogP contribution in [0.4, 0.5) is 5.69 Å². The number of rotatable bonds is 5. The molecule has 3 aromatic carbocycles. The van der Waals surface area contributed by atoms with E-state index in [4.69, 9.17) is 16.3 Å². The second-order valence-corrected chi connectivity index (χ2v) is 7.10. The van der Waals surface area contributed by atoms with Crippen LogP contribution in [0.5, 0.6) is 0 Å². The maximum absolute atomic E-state index is 11.8. The third-order valence-electron chi connectivity index (χ3n) is 4.68. The quantitative estimate of drug-likeness (QED) is 0.309. The number of aliphatic imine (C=N–C) groups is 1. The van der Waals surface area contributed by atoms with Gasteiger partial charge in [0.15, 0.2) is 0 Å². The average Bonchev–Trinajstić information content (AvgIpc) is 3.09. The molecule has 0 radical (unpaired) electrons. The number of halogens is 1. The first-order valence-corrected chi connectivity index (χ1v) is 9.56. The number of methoxy groups -OCH3 is 1. The number of hydrogen-bond acceptors (Lipinski definition) is 3. The van der Waals surface area contributed by atoms with Gasteiger partial charge in [0.05, 0.1) is 18.4 Å². The van der Waals surface area contributed by atoms with Gasteiger partial charge in [-0.15, -0.1) is 0 Å². The summed E-state index contributed by atoms with van der Waals surface area (Å²) in [5.41, 5.74) is 4.49. The minimum absolute atomic E-state index is 0.335. The minimum atomic E-state index is -0.335. The predicted molar refractivity (Wildman–Crippen MR) is 118 cm³/mol. The van der Waals surface area contributed by atoms with Crippen molar-refractivity contribution in [2.75, 3.05) is 7.11 Å². The molecule has 4 nitrogen and oxygen atoms in total. The van der Waals surface area contributed by atoms with Crippen LogP contribution in [0.3, 0.4) is 0 Å². The lowest BCUT2D eigenvalue weighted by atomic mass is 10.1. The predicted octanol–water partition coefficient (Wildman–Crippen LogP) is 5.88. The molecule has 0 aliphatic rings. The molecular weight excluding hydrogens is 384 g/mol. The number of hydrogen-bond donors (Lipinski definition) is 0. The van der Waals surface area contributed by atoms with Crippen LogP contribution in [0.25, 0.3) is 10.9 Å². The van der Waals surface area contributed by atoms with Gasteiger partial charge in [-0.1, -0.05) is 48.0 Å². The van der Waals surface area contributed by atoms with Crippen LogP contribution in [0, 0.1) is 0 Å². The molecule has 0 N–H and O–H groups in total. The highest BCUT2D eigenvalue weighted by molar-refractivity contribution is 6.30. The number of carbonyl (C=O) groups is 1. The molecule has 0 fully saturated rings. The number of nitrogens with zero attached hydrogens (tertiary/aromatic N) is 2. The Morgan fingerprint density at radius 3 is 2.72 bits per heavy atom. The Hall–Kier alpha value is -3.37. The van der Waals surface area contributed by atoms with Crippen molar-refractivity contribution in [3.63, 3.8) is 0 Å². The average molecular weight is 403 g/mol. The van der Waals surface area contributed by atoms with Crippen molar-refractivity contribution in [2.24, 2.45) is 4.99 Å². The van der Waals surface area contributed by atoms with E-state index in [1.54, 1.807) is 6.07 Å². The summed E-state index contributed by atoms with van der Waals surface area (Å²) in [5.74, 6) is -0.335. The lowest BCUT2D eigenvalue weighted by Crippen LogP contribution is -2.03. The number of carbonyl (C=O) groups excluding carboxylic acids is 1. The fourth-order valence-electron chi connectivity index (χ4n) is 3.32. The number of fused-ring (bicyclic) bond motifs is 1. The summed E-state index contributed by atoms with van der Waals surface area (Å²) >= 11 is 6.05. The summed E-state index contributed by atoms with van der Waals surface area (Å²) in [6.07, 6.45) is 3.93. The van der Waals surface area contributed by atoms with Gasteiger partial charge in [-0.3, -0.25) is 4.99 Å². The molecule has 0 saturated heterocycles. The molecule has 0 saturated carbocycles. The van der Waals surface area contributed by atoms with Gasteiger partial charge in [-0.25, -0.2) is 4.79 Å². The molecule has 0 aliphatic carbocycles. The summed E-state index contributed by atoms with van der Waals surface area (Å²) in [5, 5.41) is 1.77. The lowest BCUT2D eigenvalue weighted by Gasteiger charge is -2.07. The maximum atomic E-state index is 11.8. The third-order valence-corrected chi connectivity index (χ3v) is 4.92. The molecule has 0 bridgehead atoms. The SMILES string of the molecule is COC(=O)c1cccc(Cn2cc(C=Nc3cccc(Cl)c3)c3ccccc32)c1. The standard InChI is InChI=1S/C24H19ClN2O2/c1-29-24(28)18-7-4-6-17(12-18)15-27-16-19(22-10-2-3-11-23(22)27)14-26-21-9-5-8-20(25)13-21/h2-14,16H,15H2,1H3. The summed E-state index contributed by atoms with van der Waals surface area (Å²) in [7, 11) is 1.39. The molecule has 0 aliphatic heterocycles. The van der Waals surface area contributed by atoms with Crippen LogP contribution in [-0.2, 0) is 11.3 Å². The molecule has 4 rings (SSSR count). The number of esters is 1. The van der Waals surface area contributed by atoms with Crippen molar-refractivity contribution < 1.29 is 9.53 Å². The van der Waals surface area contributed by atoms with Crippen molar-refractivity contribution in [2.45, 2.75) is 6.54 Å². The highest BCUT2D eigenvalue weighted by atomic mass is 35.5. The topological polar surface area (TPSA) is 43.6 Å². The number of ether oxygens (including phenoxy) is 1. The van der Waals surface area contributed by atoms with E-state index in [-0.39, 0.29) is 5.97 Å². The molecule has 1 aromatic heterocycles. The maximum Gasteiger partial charge on any atom is 0.337 e. The van der Waals surface area contributed by atoms with Gasteiger partial charge in [0.1, 0.15) is 0 Å². The van der Waals surface area contributed by atoms with Crippen molar-refractivity contribution in [1.82, 2.24) is 4.57 Å². The lowest BCUT2D eigenvalue weighted by molar-refractivity contribution is 0.0600. The van der Waals surface area contributed by atoms with Crippen LogP contribution in [0.2, 0.25) is 5.02 Å². The Morgan fingerprint density at radius 2 is 1.90 bits per heavy atom. The summed E-state index contributed by atoms with van der Waals surface area (Å²) in [4.78, 5) is 16.4. The Balaban J connectivity index is 1.69. The second-order valence-electron chi connectivity index (χ2n) is 6.66. The first-order chi connectivity index (χ1) is 14.1. The first kappa shape index (κ1) is 19.0. The van der Waals surface area contributed by atoms with Gasteiger partial charge in [0.25, 0.3) is 0 Å². The smallest absolute Gasteiger partial charge is 0.337 e. The van der Waals surface area contributed by atoms with Gasteiger partial charge in [-0.05, 0) is 42.0 Å². The Morgan fingerprint density at radius 1 is 1.07 bits per heavy atom. The van der Waals surface area contributed by atoms with Gasteiger partial charge in [0, 0.05) is 40.4 Å². The molecule has 4 aromatic rings. The molecule has 0 amide bonds. The van der Waals surface area contributed by atoms with E-state index in [2.05, 4.69) is 27.9 Å². The van der Waals surface area contributed by atoms with Crippen molar-refractivity contribution in [1.29, 1.82) is 0 Å². The van der Waals surface area contributed by atoms with E-state index in [1.165, 1.54) is 7.11 Å². The van der Waals surface area contributed by atoms with Crippen LogP contribution < -0.4 is 0 Å². The molecule has 144 valence electrons. The van der Waals surface area contributed by atoms with E-state index in [9.17, 15) is 4.79 Å². The van der Waals surface area contributed by atoms with Crippen molar-refractivity contribution in [3.05, 3.63) is 101 Å². The molecule has 5 heteroatoms. The van der Waals surface area contributed by atoms with Crippen molar-refractivity contribution >= 4 is 40.4 Å². The van der Waals surface area contributed by atoms with Gasteiger partial charge in [0.2, 0.25) is 0 Å². The number of aromatic nitrogens is 1. The van der Waals surface area contributed by atoms with Crippen LogP contribution >= 0.6 is 11.6 Å². The zero-order valence-corrected chi connectivity index (χ0v) is 16.6. The molecule has 0 spiro atoms. The Kier molecular flexibility index (Phi) is 5.45. The normalized spacial score (nSPS) is 11.2. The molecule has 0 unspecified atom stereocenters. The minimum Gasteiger partial charge on any atom is -0.465 e. The largest absolute Gasteiger partial charge is 0.465 e. The van der Waals surface area contributed by atoms with Crippen molar-refractivity contribution in [3.8, 4) is 0 Å². The zero-order valence-electron chi connectivity index (χ0n) is 15.9. The van der Waals surface area contributed by atoms with Gasteiger partial charge in [-0.2, -0.15) is 0 Å². The highest BCUT2D eigenvalue weighted by Crippen LogP contribution is 2.23. The van der Waals surface area contributed by atoms with Crippen LogP contribution in [0.1, 0.15) is 21.5 Å². The van der Waals surface area contributed by atoms with Crippen LogP contribution in [0.15, 0.2) is 84.0 Å². The van der Waals surface area contributed by atoms with E-state index < -0.39 is 0 Å². The molecule has 29 heavy (non-hydrogen) atoms. The fourth-order valence-corrected chi connectivity index (χ4v) is 3.51. The van der Waals surface area contributed by atoms with Gasteiger partial charge >= 0.3 is 5.97 Å². The van der Waals surface area contributed by atoms with E-state index in [0.29, 0.717) is 17.1 Å². The third kappa shape index (κ3) is 4.23. The zero-order chi connectivity index (χ0) is 20.2. The summed E-state index contributed by atoms with van der Waals surface area (Å²) in [6.45, 7) is 0.635. The van der Waals surface area contributed by atoms with E-state index in [1.807, 2.05) is 60.8 Å². The second kappa shape index (κ2) is 8.33. The molecular formula is C24H19ClN2O2. The van der Waals surface area contributed by atoms with E-state index in [0.717, 1.165) is 27.7 Å².